The number of hydrogen-bond acceptors (Lipinski definition) is 3. The first-order valence-corrected chi connectivity index (χ1v) is 3.16. The Hall–Kier alpha value is -1.32. The van der Waals surface area contributed by atoms with E-state index in [1.54, 1.807) is 0 Å². The lowest BCUT2D eigenvalue weighted by atomic mass is 10.2. The fourth-order valence-electron chi connectivity index (χ4n) is 0.626. The standard InChI is InChI=1S/C7H11NO3/c1-3-4-6(7(10)11)8-5(2)9/h3,6H,1,4H2,2H3,(H,8,9)(H,10,11)/p-1/t6-/m0/s1. The maximum Gasteiger partial charge on any atom is 0.217 e. The second kappa shape index (κ2) is 4.49. The van der Waals surface area contributed by atoms with Crippen molar-refractivity contribution in [1.29, 1.82) is 0 Å². The lowest BCUT2D eigenvalue weighted by molar-refractivity contribution is -0.308. The molecule has 1 N–H and O–H groups in total. The zero-order chi connectivity index (χ0) is 8.85. The summed E-state index contributed by atoms with van der Waals surface area (Å²) in [5.74, 6) is -1.68. The summed E-state index contributed by atoms with van der Waals surface area (Å²) in [6, 6.07) is -0.954. The van der Waals surface area contributed by atoms with Crippen molar-refractivity contribution < 1.29 is 14.7 Å². The molecule has 0 aromatic rings. The summed E-state index contributed by atoms with van der Waals surface area (Å²) in [6.07, 6.45) is 1.60. The van der Waals surface area contributed by atoms with Crippen LogP contribution < -0.4 is 10.4 Å². The normalized spacial score (nSPS) is 11.7. The summed E-state index contributed by atoms with van der Waals surface area (Å²) in [7, 11) is 0. The summed E-state index contributed by atoms with van der Waals surface area (Å²) in [5, 5.41) is 12.5. The van der Waals surface area contributed by atoms with E-state index in [2.05, 4.69) is 11.9 Å². The van der Waals surface area contributed by atoms with Crippen molar-refractivity contribution in [1.82, 2.24) is 5.32 Å². The van der Waals surface area contributed by atoms with E-state index in [1.807, 2.05) is 0 Å². The van der Waals surface area contributed by atoms with Crippen LogP contribution >= 0.6 is 0 Å². The van der Waals surface area contributed by atoms with Crippen molar-refractivity contribution in [2.24, 2.45) is 0 Å². The van der Waals surface area contributed by atoms with Crippen molar-refractivity contribution in [3.05, 3.63) is 12.7 Å². The third-order valence-corrected chi connectivity index (χ3v) is 1.06. The number of amides is 1. The molecule has 4 heteroatoms. The Morgan fingerprint density at radius 3 is 2.55 bits per heavy atom. The van der Waals surface area contributed by atoms with E-state index < -0.39 is 12.0 Å². The van der Waals surface area contributed by atoms with E-state index in [0.717, 1.165) is 0 Å². The van der Waals surface area contributed by atoms with Gasteiger partial charge < -0.3 is 15.2 Å². The smallest absolute Gasteiger partial charge is 0.217 e. The van der Waals surface area contributed by atoms with Crippen LogP contribution in [0.5, 0.6) is 0 Å². The molecule has 0 bridgehead atoms. The van der Waals surface area contributed by atoms with E-state index in [1.165, 1.54) is 13.0 Å². The lowest BCUT2D eigenvalue weighted by Crippen LogP contribution is -2.46. The molecule has 0 radical (unpaired) electrons. The van der Waals surface area contributed by atoms with Gasteiger partial charge in [-0.1, -0.05) is 6.08 Å². The first-order valence-electron chi connectivity index (χ1n) is 3.16. The Labute approximate surface area is 64.9 Å². The fourth-order valence-corrected chi connectivity index (χ4v) is 0.626. The van der Waals surface area contributed by atoms with Gasteiger partial charge in [0.05, 0.1) is 12.0 Å². The minimum Gasteiger partial charge on any atom is -0.548 e. The molecule has 11 heavy (non-hydrogen) atoms. The molecule has 0 aromatic carbocycles. The first kappa shape index (κ1) is 9.68. The Kier molecular flexibility index (Phi) is 3.95. The Balaban J connectivity index is 3.99. The molecular weight excluding hydrogens is 146 g/mol. The van der Waals surface area contributed by atoms with Gasteiger partial charge in [0.25, 0.3) is 0 Å². The highest BCUT2D eigenvalue weighted by Crippen LogP contribution is 1.90. The molecule has 0 rings (SSSR count). The van der Waals surface area contributed by atoms with Gasteiger partial charge in [0.15, 0.2) is 0 Å². The molecule has 0 fully saturated rings. The molecule has 0 aliphatic heterocycles. The number of aliphatic carboxylic acids is 1. The number of rotatable bonds is 4. The maximum absolute atomic E-state index is 10.4. The fraction of sp³-hybridized carbons (Fsp3) is 0.429. The SMILES string of the molecule is C=CC[C@H](NC(C)=O)C(=O)[O-]. The number of carboxylic acids is 1. The topological polar surface area (TPSA) is 69.2 Å². The van der Waals surface area contributed by atoms with Gasteiger partial charge in [-0.2, -0.15) is 0 Å². The van der Waals surface area contributed by atoms with E-state index >= 15 is 0 Å². The quantitative estimate of drug-likeness (QED) is 0.521. The van der Waals surface area contributed by atoms with Gasteiger partial charge in [-0.15, -0.1) is 6.58 Å². The number of carbonyl (C=O) groups is 2. The van der Waals surface area contributed by atoms with E-state index in [-0.39, 0.29) is 12.3 Å². The largest absolute Gasteiger partial charge is 0.548 e. The van der Waals surface area contributed by atoms with Crippen molar-refractivity contribution >= 4 is 11.9 Å². The molecule has 0 unspecified atom stereocenters. The van der Waals surface area contributed by atoms with Gasteiger partial charge in [-0.3, -0.25) is 4.79 Å². The molecule has 1 amide bonds. The summed E-state index contributed by atoms with van der Waals surface area (Å²) in [5.41, 5.74) is 0. The van der Waals surface area contributed by atoms with Crippen LogP contribution in [0.1, 0.15) is 13.3 Å². The van der Waals surface area contributed by atoms with Gasteiger partial charge in [0, 0.05) is 6.92 Å². The summed E-state index contributed by atoms with van der Waals surface area (Å²) < 4.78 is 0. The summed E-state index contributed by atoms with van der Waals surface area (Å²) in [6.45, 7) is 4.60. The van der Waals surface area contributed by atoms with Crippen LogP contribution in [0.15, 0.2) is 12.7 Å². The highest BCUT2D eigenvalue weighted by molar-refractivity contribution is 5.81. The molecule has 1 atom stereocenters. The second-order valence-electron chi connectivity index (χ2n) is 2.10. The Bertz CT molecular complexity index is 177. The second-order valence-corrected chi connectivity index (χ2v) is 2.10. The molecule has 0 aliphatic carbocycles. The van der Waals surface area contributed by atoms with Crippen LogP contribution in [0, 0.1) is 0 Å². The van der Waals surface area contributed by atoms with Gasteiger partial charge in [0.1, 0.15) is 0 Å². The molecular formula is C7H10NO3-. The van der Waals surface area contributed by atoms with E-state index in [9.17, 15) is 14.7 Å². The molecule has 62 valence electrons. The average Bonchev–Trinajstić information content (AvgIpc) is 1.86. The third kappa shape index (κ3) is 4.13. The third-order valence-electron chi connectivity index (χ3n) is 1.06. The Morgan fingerprint density at radius 2 is 2.27 bits per heavy atom. The summed E-state index contributed by atoms with van der Waals surface area (Å²) in [4.78, 5) is 20.6. The van der Waals surface area contributed by atoms with Crippen molar-refractivity contribution in [3.63, 3.8) is 0 Å². The van der Waals surface area contributed by atoms with Gasteiger partial charge in [-0.25, -0.2) is 0 Å². The van der Waals surface area contributed by atoms with Crippen molar-refractivity contribution in [3.8, 4) is 0 Å². The molecule has 4 nitrogen and oxygen atoms in total. The number of carbonyl (C=O) groups excluding carboxylic acids is 2. The minimum atomic E-state index is -1.29. The van der Waals surface area contributed by atoms with Crippen LogP contribution in [-0.2, 0) is 9.59 Å². The number of nitrogens with one attached hydrogen (secondary N) is 1. The van der Waals surface area contributed by atoms with Crippen LogP contribution in [0.25, 0.3) is 0 Å². The minimum absolute atomic E-state index is 0.182. The number of hydrogen-bond donors (Lipinski definition) is 1. The highest BCUT2D eigenvalue weighted by Gasteiger charge is 2.07. The molecule has 0 saturated carbocycles. The van der Waals surface area contributed by atoms with Crippen LogP contribution in [0.2, 0.25) is 0 Å². The molecule has 0 spiro atoms. The average molecular weight is 156 g/mol. The number of carboxylic acid groups (broad SMARTS) is 1. The lowest BCUT2D eigenvalue weighted by Gasteiger charge is -2.16. The van der Waals surface area contributed by atoms with Crippen LogP contribution in [-0.4, -0.2) is 17.9 Å². The molecule has 0 saturated heterocycles. The zero-order valence-corrected chi connectivity index (χ0v) is 6.29. The predicted octanol–water partition coefficient (Wildman–Crippen LogP) is -1.18. The maximum atomic E-state index is 10.4. The monoisotopic (exact) mass is 156 g/mol. The summed E-state index contributed by atoms with van der Waals surface area (Å²) >= 11 is 0. The molecule has 0 aromatic heterocycles. The first-order chi connectivity index (χ1) is 5.07. The molecule has 0 aliphatic rings. The van der Waals surface area contributed by atoms with Gasteiger partial charge in [-0.05, 0) is 6.42 Å². The Morgan fingerprint density at radius 1 is 1.73 bits per heavy atom. The molecule has 0 heterocycles. The van der Waals surface area contributed by atoms with Crippen molar-refractivity contribution in [2.45, 2.75) is 19.4 Å². The van der Waals surface area contributed by atoms with Gasteiger partial charge >= 0.3 is 0 Å². The zero-order valence-electron chi connectivity index (χ0n) is 6.29. The highest BCUT2D eigenvalue weighted by atomic mass is 16.4. The van der Waals surface area contributed by atoms with E-state index in [4.69, 9.17) is 0 Å². The van der Waals surface area contributed by atoms with E-state index in [0.29, 0.717) is 0 Å². The predicted molar refractivity (Wildman–Crippen MR) is 37.4 cm³/mol. The van der Waals surface area contributed by atoms with Crippen LogP contribution in [0.3, 0.4) is 0 Å². The van der Waals surface area contributed by atoms with Crippen molar-refractivity contribution in [2.75, 3.05) is 0 Å². The van der Waals surface area contributed by atoms with Crippen LogP contribution in [0.4, 0.5) is 0 Å². The van der Waals surface area contributed by atoms with Gasteiger partial charge in [0.2, 0.25) is 5.91 Å².